The fraction of sp³-hybridized carbons (Fsp3) is 0.517. The number of cyclic esters (lactones) is 1. The maximum Gasteiger partial charge on any atom is 0.343 e. The summed E-state index contributed by atoms with van der Waals surface area (Å²) >= 11 is 0. The first-order chi connectivity index (χ1) is 39.8. The van der Waals surface area contributed by atoms with Gasteiger partial charge in [-0.15, -0.1) is 0 Å². The van der Waals surface area contributed by atoms with Gasteiger partial charge in [0.1, 0.15) is 24.5 Å². The van der Waals surface area contributed by atoms with E-state index in [9.17, 15) is 53.1 Å². The Balaban J connectivity index is 0.850. The normalized spacial score (nSPS) is 18.4. The van der Waals surface area contributed by atoms with E-state index >= 15 is 4.39 Å². The van der Waals surface area contributed by atoms with Crippen LogP contribution in [0.25, 0.3) is 22.3 Å². The molecule has 1 saturated heterocycles. The summed E-state index contributed by atoms with van der Waals surface area (Å²) in [6, 6.07) is 8.79. The van der Waals surface area contributed by atoms with Crippen molar-refractivity contribution >= 4 is 64.1 Å². The molecule has 0 bridgehead atoms. The number of hydrogen-bond donors (Lipinski definition) is 8. The van der Waals surface area contributed by atoms with Gasteiger partial charge in [0.25, 0.3) is 5.56 Å². The summed E-state index contributed by atoms with van der Waals surface area (Å²) < 4.78 is 22.2. The minimum Gasteiger partial charge on any atom is -0.458 e. The molecule has 3 aliphatic heterocycles. The summed E-state index contributed by atoms with van der Waals surface area (Å²) in [5, 5.41) is 28.0. The van der Waals surface area contributed by atoms with Crippen molar-refractivity contribution in [2.24, 2.45) is 17.6 Å². The van der Waals surface area contributed by atoms with Gasteiger partial charge in [0.2, 0.25) is 47.3 Å². The number of esters is 1. The number of aliphatic hydroxyl groups is 1. The Morgan fingerprint density at radius 2 is 1.53 bits per heavy atom. The van der Waals surface area contributed by atoms with Gasteiger partial charge in [-0.2, -0.15) is 0 Å². The number of aryl methyl sites for hydroxylation is 1. The van der Waals surface area contributed by atoms with Crippen molar-refractivity contribution < 1.29 is 57.4 Å². The van der Waals surface area contributed by atoms with Crippen LogP contribution in [0.15, 0.2) is 47.3 Å². The number of hydrogen-bond acceptors (Lipinski definition) is 14. The van der Waals surface area contributed by atoms with Crippen molar-refractivity contribution in [3.8, 4) is 11.4 Å². The van der Waals surface area contributed by atoms with Crippen molar-refractivity contribution in [2.45, 2.75) is 154 Å². The number of nitrogens with two attached hydrogens (primary N) is 1. The van der Waals surface area contributed by atoms with Crippen LogP contribution in [0.4, 0.5) is 4.39 Å². The number of unbranched alkanes of at least 4 members (excludes halogenated alkanes) is 3. The number of carbonyl (C=O) groups excluding carboxylic acids is 9. The van der Waals surface area contributed by atoms with Crippen LogP contribution in [0.1, 0.15) is 143 Å². The van der Waals surface area contributed by atoms with Crippen molar-refractivity contribution in [2.75, 3.05) is 32.7 Å². The monoisotopic (exact) mass is 1150 g/mol. The van der Waals surface area contributed by atoms with E-state index in [4.69, 9.17) is 15.5 Å². The zero-order valence-corrected chi connectivity index (χ0v) is 47.5. The lowest BCUT2D eigenvalue weighted by Gasteiger charge is -2.31. The van der Waals surface area contributed by atoms with E-state index in [2.05, 4.69) is 31.9 Å². The van der Waals surface area contributed by atoms with Crippen molar-refractivity contribution in [3.05, 3.63) is 97.6 Å². The van der Waals surface area contributed by atoms with Crippen LogP contribution >= 0.6 is 0 Å². The number of ether oxygens (including phenoxy) is 1. The molecule has 83 heavy (non-hydrogen) atoms. The van der Waals surface area contributed by atoms with E-state index in [1.807, 2.05) is 13.8 Å². The lowest BCUT2D eigenvalue weighted by Crippen LogP contribution is -2.53. The quantitative estimate of drug-likeness (QED) is 0.0213. The summed E-state index contributed by atoms with van der Waals surface area (Å²) in [5.74, 6) is -5.53. The van der Waals surface area contributed by atoms with E-state index < -0.39 is 90.2 Å². The summed E-state index contributed by atoms with van der Waals surface area (Å²) in [6.07, 6.45) is 5.57. The Hall–Kier alpha value is -7.92. The van der Waals surface area contributed by atoms with Crippen LogP contribution in [0.3, 0.4) is 0 Å². The summed E-state index contributed by atoms with van der Waals surface area (Å²) in [7, 11) is 0. The molecule has 1 aliphatic carbocycles. The maximum atomic E-state index is 15.5. The number of rotatable bonds is 27. The fourth-order valence-corrected chi connectivity index (χ4v) is 12.0. The molecule has 444 valence electrons. The second-order valence-corrected chi connectivity index (χ2v) is 22.0. The number of carbonyl (C=O) groups is 9. The Morgan fingerprint density at radius 3 is 2.24 bits per heavy atom. The third-order valence-electron chi connectivity index (χ3n) is 16.7. The van der Waals surface area contributed by atoms with Gasteiger partial charge in [-0.25, -0.2) is 14.2 Å². The van der Waals surface area contributed by atoms with Gasteiger partial charge in [-0.05, 0) is 99.1 Å². The number of imide groups is 1. The van der Waals surface area contributed by atoms with Crippen molar-refractivity contribution in [1.29, 1.82) is 0 Å². The lowest BCUT2D eigenvalue weighted by molar-refractivity contribution is -0.172. The molecule has 4 aromatic rings. The van der Waals surface area contributed by atoms with E-state index in [1.165, 1.54) is 15.5 Å². The van der Waals surface area contributed by atoms with E-state index in [-0.39, 0.29) is 91.5 Å². The molecule has 1 unspecified atom stereocenters. The molecule has 2 aromatic carbocycles. The van der Waals surface area contributed by atoms with Gasteiger partial charge in [-0.3, -0.25) is 48.1 Å². The third kappa shape index (κ3) is 13.5. The number of nitrogens with zero attached hydrogens (tertiary/aromatic N) is 3. The number of benzene rings is 2. The van der Waals surface area contributed by atoms with Crippen LogP contribution < -0.4 is 43.2 Å². The van der Waals surface area contributed by atoms with Crippen LogP contribution in [-0.4, -0.2) is 118 Å². The highest BCUT2D eigenvalue weighted by Crippen LogP contribution is 2.46. The fourth-order valence-electron chi connectivity index (χ4n) is 12.0. The zero-order chi connectivity index (χ0) is 59.7. The molecule has 8 rings (SSSR count). The van der Waals surface area contributed by atoms with Crippen molar-refractivity contribution in [3.63, 3.8) is 0 Å². The lowest BCUT2D eigenvalue weighted by atomic mass is 9.81. The highest BCUT2D eigenvalue weighted by molar-refractivity contribution is 6.03. The van der Waals surface area contributed by atoms with Crippen molar-refractivity contribution in [1.82, 2.24) is 46.4 Å². The predicted octanol–water partition coefficient (Wildman–Crippen LogP) is 2.69. The van der Waals surface area contributed by atoms with E-state index in [0.29, 0.717) is 103 Å². The smallest absolute Gasteiger partial charge is 0.343 e. The Kier molecular flexibility index (Phi) is 19.9. The standard InChI is InChI=1S/C60H75FN10O12/c1-5-35(6-2)37-25-51(76)70(57(37)79)23-15-9-12-19-47(72)67-43(18-13-14-22-62)55(77)64-28-48(73)63-29-49(74)68-45(24-34-16-10-8-11-17-34)56(78)65-30-50(75)66-42-21-20-36-33(4)41(61)27-44-52(36)53(42)38-31-71-46(54(38)69-44)26-40-39(58(71)80)32-83-59(81)60(40,82)7-3/h8,10-11,16-17,26-27,35,37,42-43,45,82H,5-7,9,12-15,18-25,28-32,62H2,1-4H3,(H,63,73)(H,64,77)(H,65,78)(H,66,75)(H,67,72)(H,68,74)/t37?,42-,43-,45-,60-/m0/s1. The van der Waals surface area contributed by atoms with Gasteiger partial charge in [0, 0.05) is 48.4 Å². The zero-order valence-electron chi connectivity index (χ0n) is 47.5. The third-order valence-corrected chi connectivity index (χ3v) is 16.7. The first-order valence-corrected chi connectivity index (χ1v) is 28.9. The molecule has 9 N–H and O–H groups in total. The summed E-state index contributed by atoms with van der Waals surface area (Å²) in [6.45, 7) is 6.03. The number of nitrogens with one attached hydrogen (secondary N) is 6. The number of fused-ring (bicyclic) bond motifs is 5. The number of pyridine rings is 2. The van der Waals surface area contributed by atoms with Crippen LogP contribution in [0.2, 0.25) is 0 Å². The number of amides is 8. The van der Waals surface area contributed by atoms with Crippen LogP contribution in [0, 0.1) is 24.6 Å². The molecule has 5 atom stereocenters. The maximum absolute atomic E-state index is 15.5. The predicted molar refractivity (Wildman–Crippen MR) is 302 cm³/mol. The Labute approximate surface area is 480 Å². The van der Waals surface area contributed by atoms with Gasteiger partial charge >= 0.3 is 5.97 Å². The topological polar surface area (TPSA) is 319 Å². The number of likely N-dealkylation sites (tertiary alicyclic amines) is 1. The number of halogens is 1. The molecule has 2 aromatic heterocycles. The first kappa shape index (κ1) is 61.2. The largest absolute Gasteiger partial charge is 0.458 e. The van der Waals surface area contributed by atoms with Gasteiger partial charge in [0.05, 0.1) is 60.6 Å². The Bertz CT molecular complexity index is 3260. The second kappa shape index (κ2) is 27.0. The second-order valence-electron chi connectivity index (χ2n) is 22.0. The van der Waals surface area contributed by atoms with Gasteiger partial charge in [0.15, 0.2) is 5.60 Å². The molecule has 0 spiro atoms. The van der Waals surface area contributed by atoms with Gasteiger partial charge < -0.3 is 52.0 Å². The van der Waals surface area contributed by atoms with E-state index in [1.54, 1.807) is 50.2 Å². The highest BCUT2D eigenvalue weighted by Gasteiger charge is 2.46. The minimum atomic E-state index is -2.07. The number of aromatic nitrogens is 2. The van der Waals surface area contributed by atoms with E-state index in [0.717, 1.165) is 12.8 Å². The summed E-state index contributed by atoms with van der Waals surface area (Å²) in [5.41, 5.74) is 7.31. The van der Waals surface area contributed by atoms with Gasteiger partial charge in [-0.1, -0.05) is 70.4 Å². The summed E-state index contributed by atoms with van der Waals surface area (Å²) in [4.78, 5) is 139. The average Bonchev–Trinajstić information content (AvgIpc) is 1.94. The average molecular weight is 1150 g/mol. The molecule has 0 saturated carbocycles. The molecule has 0 radical (unpaired) electrons. The molecule has 23 heteroatoms. The van der Waals surface area contributed by atoms with Crippen LogP contribution in [-0.2, 0) is 79.5 Å². The Morgan fingerprint density at radius 1 is 0.831 bits per heavy atom. The molecule has 4 aliphatic rings. The molecule has 8 amide bonds. The molecular weight excluding hydrogens is 1070 g/mol. The molecule has 5 heterocycles. The molecule has 22 nitrogen and oxygen atoms in total. The first-order valence-electron chi connectivity index (χ1n) is 28.9. The highest BCUT2D eigenvalue weighted by atomic mass is 19.1. The SMILES string of the molecule is CCC(CC)C1CC(=O)N(CCCCCC(=O)N[C@@H](CCCCN)C(=O)NCC(=O)NCC(=O)N[C@@H](Cc2ccccc2)C(=O)NCC(=O)N[C@H]2CCc3c(C)c(F)cc4nc5c(c2c34)Cn2c-5cc3c(c2=O)COC(=O)[C@]3(O)CC)C1=O. The minimum absolute atomic E-state index is 0.0106. The molecule has 1 fully saturated rings. The molecular formula is C60H75FN10O12. The van der Waals surface area contributed by atoms with Crippen LogP contribution in [0.5, 0.6) is 0 Å².